The maximum absolute atomic E-state index is 13.5. The fourth-order valence-electron chi connectivity index (χ4n) is 6.61. The van der Waals surface area contributed by atoms with Gasteiger partial charge in [-0.25, -0.2) is 9.36 Å². The highest BCUT2D eigenvalue weighted by atomic mass is 32.2. The van der Waals surface area contributed by atoms with E-state index in [-0.39, 0.29) is 35.5 Å². The smallest absolute Gasteiger partial charge is 0.315 e. The molecule has 4 amide bonds. The highest BCUT2D eigenvalue weighted by Gasteiger charge is 2.42. The third-order valence-corrected chi connectivity index (χ3v) is 13.4. The van der Waals surface area contributed by atoms with E-state index in [2.05, 4.69) is 32.2 Å². The standard InChI is InChI=1S/C36H45N7O4S3/c1-4-43-31(21-24-12-9-11-19-41(24)2)50-33(34(43)46)35-42(3)26-17-16-23(20-28(26)49-35)38-30(45)15-6-5-10-18-37-29(44)14-8-7-13-27-32-25(22-48-27)39-36(47)40-32/h9,11-12,16-17,19-21,25,27,32H,4-8,10,13-15,18,22H2,1-3H3,(H3-,37,38,39,40,44,45,47)/p+1/t25-,27-,32-/m0/s1. The Morgan fingerprint density at radius 3 is 2.68 bits per heavy atom. The molecule has 0 bridgehead atoms. The molecule has 0 radical (unpaired) electrons. The van der Waals surface area contributed by atoms with Crippen molar-refractivity contribution in [2.45, 2.75) is 87.1 Å². The maximum Gasteiger partial charge on any atom is 0.315 e. The molecule has 3 aliphatic rings. The van der Waals surface area contributed by atoms with Gasteiger partial charge in [-0.2, -0.15) is 11.8 Å². The minimum absolute atomic E-state index is 0.00428. The van der Waals surface area contributed by atoms with Gasteiger partial charge in [-0.3, -0.25) is 19.0 Å². The minimum Gasteiger partial charge on any atom is -0.356 e. The molecule has 2 saturated heterocycles. The summed E-state index contributed by atoms with van der Waals surface area (Å²) >= 11 is 4.96. The molecule has 3 atom stereocenters. The number of benzene rings is 1. The number of hydrogen-bond donors (Lipinski definition) is 4. The van der Waals surface area contributed by atoms with E-state index in [1.807, 2.05) is 84.5 Å². The average Bonchev–Trinajstić information content (AvgIpc) is 3.83. The molecule has 50 heavy (non-hydrogen) atoms. The van der Waals surface area contributed by atoms with Crippen LogP contribution in [0.3, 0.4) is 0 Å². The first-order valence-electron chi connectivity index (χ1n) is 17.4. The van der Waals surface area contributed by atoms with Crippen LogP contribution in [0.2, 0.25) is 0 Å². The number of unbranched alkanes of at least 4 members (excludes halogenated alkanes) is 3. The molecule has 266 valence electrons. The van der Waals surface area contributed by atoms with Crippen molar-refractivity contribution in [1.82, 2.24) is 20.5 Å². The van der Waals surface area contributed by atoms with Crippen molar-refractivity contribution in [3.8, 4) is 0 Å². The van der Waals surface area contributed by atoms with Crippen LogP contribution in [0.15, 0.2) is 52.3 Å². The van der Waals surface area contributed by atoms with E-state index in [1.54, 1.807) is 11.8 Å². The van der Waals surface area contributed by atoms with Gasteiger partial charge in [-0.1, -0.05) is 24.6 Å². The predicted molar refractivity (Wildman–Crippen MR) is 203 cm³/mol. The molecule has 2 fully saturated rings. The lowest BCUT2D eigenvalue weighted by molar-refractivity contribution is -0.673. The summed E-state index contributed by atoms with van der Waals surface area (Å²) in [5.41, 5.74) is 2.76. The first-order chi connectivity index (χ1) is 24.2. The molecule has 6 rings (SSSR count). The van der Waals surface area contributed by atoms with Gasteiger partial charge in [-0.05, 0) is 56.9 Å². The number of amides is 4. The Morgan fingerprint density at radius 2 is 1.86 bits per heavy atom. The summed E-state index contributed by atoms with van der Waals surface area (Å²) in [4.78, 5) is 53.1. The topological polar surface area (TPSA) is 128 Å². The van der Waals surface area contributed by atoms with E-state index in [4.69, 9.17) is 0 Å². The number of urea groups is 1. The number of fused-ring (bicyclic) bond motifs is 2. The number of carbonyl (C=O) groups excluding carboxylic acids is 3. The number of thioether (sulfide) groups is 2. The van der Waals surface area contributed by atoms with Crippen molar-refractivity contribution in [2.75, 3.05) is 29.6 Å². The monoisotopic (exact) mass is 736 g/mol. The van der Waals surface area contributed by atoms with Crippen molar-refractivity contribution < 1.29 is 19.0 Å². The van der Waals surface area contributed by atoms with Crippen LogP contribution in [0.4, 0.5) is 16.2 Å². The lowest BCUT2D eigenvalue weighted by Gasteiger charge is -2.16. The van der Waals surface area contributed by atoms with Gasteiger partial charge in [-0.15, -0.1) is 11.3 Å². The molecule has 0 saturated carbocycles. The first kappa shape index (κ1) is 36.1. The lowest BCUT2D eigenvalue weighted by atomic mass is 10.0. The second-order valence-corrected chi connectivity index (χ2v) is 16.3. The van der Waals surface area contributed by atoms with E-state index in [0.29, 0.717) is 35.7 Å². The van der Waals surface area contributed by atoms with E-state index < -0.39 is 0 Å². The Bertz CT molecular complexity index is 1930. The third kappa shape index (κ3) is 8.40. The first-order valence-corrected chi connectivity index (χ1v) is 20.1. The molecule has 14 heteroatoms. The fraction of sp³-hybridized carbons (Fsp3) is 0.472. The molecule has 0 spiro atoms. The van der Waals surface area contributed by atoms with Crippen molar-refractivity contribution in [3.63, 3.8) is 0 Å². The third-order valence-electron chi connectivity index (χ3n) is 9.39. The number of aryl methyl sites for hydroxylation is 1. The normalized spacial score (nSPS) is 20.8. The highest BCUT2D eigenvalue weighted by Crippen LogP contribution is 2.46. The predicted octanol–water partition coefficient (Wildman–Crippen LogP) is 3.23. The van der Waals surface area contributed by atoms with Gasteiger partial charge in [0.1, 0.15) is 21.3 Å². The SMILES string of the molecule is CCn1c(=Cc2cccc[n+]2C)sc(=C2Sc3cc(NC(=O)CCCCCNC(=O)CCCC[C@@H]4SC[C@@H]5NC(=O)N[C@@H]54)ccc3N2C)c1=O. The molecule has 4 N–H and O–H groups in total. The molecular formula is C36H46N7O4S3+. The Balaban J connectivity index is 0.925. The van der Waals surface area contributed by atoms with Gasteiger partial charge in [0.05, 0.1) is 17.8 Å². The second-order valence-electron chi connectivity index (χ2n) is 12.9. The summed E-state index contributed by atoms with van der Waals surface area (Å²) in [6, 6.07) is 12.3. The van der Waals surface area contributed by atoms with Crippen molar-refractivity contribution >= 4 is 75.2 Å². The largest absolute Gasteiger partial charge is 0.356 e. The molecule has 3 aliphatic heterocycles. The van der Waals surface area contributed by atoms with Gasteiger partial charge < -0.3 is 26.2 Å². The Kier molecular flexibility index (Phi) is 11.9. The second kappa shape index (κ2) is 16.5. The molecular weight excluding hydrogens is 691 g/mol. The lowest BCUT2D eigenvalue weighted by Crippen LogP contribution is -2.36. The quantitative estimate of drug-likeness (QED) is 0.114. The van der Waals surface area contributed by atoms with Gasteiger partial charge in [0.15, 0.2) is 6.20 Å². The Hall–Kier alpha value is -3.75. The summed E-state index contributed by atoms with van der Waals surface area (Å²) in [5, 5.41) is 13.3. The molecule has 0 unspecified atom stereocenters. The number of anilines is 2. The zero-order chi connectivity index (χ0) is 35.2. The van der Waals surface area contributed by atoms with E-state index >= 15 is 0 Å². The van der Waals surface area contributed by atoms with E-state index in [1.165, 1.54) is 11.3 Å². The molecule has 3 aromatic rings. The minimum atomic E-state index is -0.0621. The number of nitrogens with one attached hydrogen (secondary N) is 4. The molecule has 0 aliphatic carbocycles. The molecule has 11 nitrogen and oxygen atoms in total. The van der Waals surface area contributed by atoms with Gasteiger partial charge in [0.2, 0.25) is 17.5 Å². The summed E-state index contributed by atoms with van der Waals surface area (Å²) in [7, 11) is 3.97. The van der Waals surface area contributed by atoms with Gasteiger partial charge >= 0.3 is 6.03 Å². The zero-order valence-corrected chi connectivity index (χ0v) is 31.3. The molecule has 2 aromatic heterocycles. The number of hydrogen-bond acceptors (Lipinski definition) is 8. The maximum atomic E-state index is 13.5. The van der Waals surface area contributed by atoms with Crippen LogP contribution in [-0.2, 0) is 23.2 Å². The van der Waals surface area contributed by atoms with Crippen LogP contribution >= 0.6 is 34.9 Å². The van der Waals surface area contributed by atoms with Crippen LogP contribution < -0.4 is 45.5 Å². The van der Waals surface area contributed by atoms with Crippen LogP contribution in [0.1, 0.15) is 64.0 Å². The van der Waals surface area contributed by atoms with Gasteiger partial charge in [0.25, 0.3) is 5.56 Å². The summed E-state index contributed by atoms with van der Waals surface area (Å²) in [6.45, 7) is 3.19. The number of aromatic nitrogens is 2. The van der Waals surface area contributed by atoms with Crippen LogP contribution in [0, 0.1) is 0 Å². The van der Waals surface area contributed by atoms with Gasteiger partial charge in [0, 0.05) is 72.8 Å². The number of thiazole rings is 1. The number of rotatable bonds is 14. The Labute approximate surface area is 305 Å². The molecule has 1 aromatic carbocycles. The van der Waals surface area contributed by atoms with Crippen molar-refractivity contribution in [1.29, 1.82) is 0 Å². The highest BCUT2D eigenvalue weighted by molar-refractivity contribution is 8.08. The zero-order valence-electron chi connectivity index (χ0n) is 28.8. The summed E-state index contributed by atoms with van der Waals surface area (Å²) in [5.74, 6) is 0.996. The van der Waals surface area contributed by atoms with E-state index in [0.717, 1.165) is 75.9 Å². The van der Waals surface area contributed by atoms with Crippen molar-refractivity contribution in [3.05, 3.63) is 67.8 Å². The van der Waals surface area contributed by atoms with Crippen LogP contribution in [0.25, 0.3) is 11.1 Å². The van der Waals surface area contributed by atoms with Crippen molar-refractivity contribution in [2.24, 2.45) is 7.05 Å². The summed E-state index contributed by atoms with van der Waals surface area (Å²) in [6.07, 6.45) is 10.2. The van der Waals surface area contributed by atoms with Crippen LogP contribution in [-0.4, -0.2) is 59.1 Å². The number of pyridine rings is 1. The Morgan fingerprint density at radius 1 is 1.04 bits per heavy atom. The fourth-order valence-corrected chi connectivity index (χ4v) is 10.7. The number of nitrogens with zero attached hydrogens (tertiary/aromatic N) is 3. The average molecular weight is 737 g/mol. The van der Waals surface area contributed by atoms with Crippen LogP contribution in [0.5, 0.6) is 0 Å². The molecule has 5 heterocycles. The van der Waals surface area contributed by atoms with E-state index in [9.17, 15) is 19.2 Å². The summed E-state index contributed by atoms with van der Waals surface area (Å²) < 4.78 is 5.47. The number of carbonyl (C=O) groups is 3.